The molecule has 12 nitrogen and oxygen atoms in total. The monoisotopic (exact) mass is 569 g/mol. The van der Waals surface area contributed by atoms with E-state index in [-0.39, 0.29) is 50.8 Å². The molecule has 0 saturated heterocycles. The molecule has 0 spiro atoms. The van der Waals surface area contributed by atoms with E-state index in [2.05, 4.69) is 24.7 Å². The fraction of sp³-hybridized carbons (Fsp3) is 0.160. The normalized spacial score (nSPS) is 11.2. The molecule has 202 valence electrons. The third kappa shape index (κ3) is 6.22. The van der Waals surface area contributed by atoms with Crippen LogP contribution in [0.2, 0.25) is 5.15 Å². The number of hydrogen-bond donors (Lipinski definition) is 4. The largest absolute Gasteiger partial charge is 0.493 e. The van der Waals surface area contributed by atoms with Crippen LogP contribution in [0.5, 0.6) is 17.2 Å². The van der Waals surface area contributed by atoms with Crippen LogP contribution in [-0.2, 0) is 10.0 Å². The second kappa shape index (κ2) is 11.6. The van der Waals surface area contributed by atoms with Crippen LogP contribution in [-0.4, -0.2) is 46.5 Å². The molecule has 0 amide bonds. The summed E-state index contributed by atoms with van der Waals surface area (Å²) in [5.41, 5.74) is 3.01. The van der Waals surface area contributed by atoms with Gasteiger partial charge in [-0.05, 0) is 41.8 Å². The number of hydrogen-bond acceptors (Lipinski definition) is 10. The van der Waals surface area contributed by atoms with Gasteiger partial charge in [0.15, 0.2) is 39.2 Å². The Balaban J connectivity index is 1.82. The van der Waals surface area contributed by atoms with Gasteiger partial charge in [0.2, 0.25) is 5.75 Å². The SMILES string of the molecule is COc1ccccc1Oc1c(Cl)nc(-c2ccnc(C(=N)NO)c2)nc1NS(=O)(=O)c1ccc(C(C)C)cn1. The lowest BCUT2D eigenvalue weighted by atomic mass is 10.1. The van der Waals surface area contributed by atoms with Crippen molar-refractivity contribution in [2.24, 2.45) is 0 Å². The number of anilines is 1. The van der Waals surface area contributed by atoms with Gasteiger partial charge in [-0.3, -0.25) is 25.8 Å². The number of para-hydroxylation sites is 2. The van der Waals surface area contributed by atoms with Crippen LogP contribution in [0.25, 0.3) is 11.4 Å². The highest BCUT2D eigenvalue weighted by Gasteiger charge is 2.25. The lowest BCUT2D eigenvalue weighted by Crippen LogP contribution is -2.20. The van der Waals surface area contributed by atoms with Crippen LogP contribution in [0.3, 0.4) is 0 Å². The Bertz CT molecular complexity index is 1620. The number of aromatic nitrogens is 4. The van der Waals surface area contributed by atoms with Crippen LogP contribution in [0, 0.1) is 5.41 Å². The molecule has 0 aliphatic carbocycles. The lowest BCUT2D eigenvalue weighted by Gasteiger charge is -2.16. The number of methoxy groups -OCH3 is 1. The summed E-state index contributed by atoms with van der Waals surface area (Å²) in [5.74, 6) is -0.0266. The third-order valence-electron chi connectivity index (χ3n) is 5.42. The van der Waals surface area contributed by atoms with Gasteiger partial charge in [-0.2, -0.15) is 8.42 Å². The first kappa shape index (κ1) is 27.7. The van der Waals surface area contributed by atoms with Gasteiger partial charge in [-0.15, -0.1) is 0 Å². The van der Waals surface area contributed by atoms with Gasteiger partial charge in [0.1, 0.15) is 5.69 Å². The fourth-order valence-electron chi connectivity index (χ4n) is 3.36. The number of pyridine rings is 2. The van der Waals surface area contributed by atoms with E-state index in [9.17, 15) is 8.42 Å². The first-order chi connectivity index (χ1) is 18.6. The van der Waals surface area contributed by atoms with E-state index in [1.807, 2.05) is 13.8 Å². The molecule has 39 heavy (non-hydrogen) atoms. The minimum atomic E-state index is -4.24. The molecule has 0 bridgehead atoms. The van der Waals surface area contributed by atoms with E-state index < -0.39 is 10.0 Å². The van der Waals surface area contributed by atoms with Crippen molar-refractivity contribution in [3.8, 4) is 28.6 Å². The average Bonchev–Trinajstić information content (AvgIpc) is 2.94. The molecule has 0 fully saturated rings. The molecule has 0 aliphatic heterocycles. The van der Waals surface area contributed by atoms with Crippen molar-refractivity contribution in [2.45, 2.75) is 24.8 Å². The summed E-state index contributed by atoms with van der Waals surface area (Å²) in [6, 6.07) is 12.7. The molecule has 0 aliphatic rings. The van der Waals surface area contributed by atoms with Crippen LogP contribution in [0.4, 0.5) is 5.82 Å². The first-order valence-electron chi connectivity index (χ1n) is 11.5. The number of sulfonamides is 1. The second-order valence-corrected chi connectivity index (χ2v) is 10.4. The van der Waals surface area contributed by atoms with Crippen LogP contribution in [0.1, 0.15) is 31.0 Å². The fourth-order valence-corrected chi connectivity index (χ4v) is 4.50. The van der Waals surface area contributed by atoms with E-state index >= 15 is 0 Å². The van der Waals surface area contributed by atoms with E-state index in [0.29, 0.717) is 11.3 Å². The average molecular weight is 570 g/mol. The zero-order valence-corrected chi connectivity index (χ0v) is 22.6. The van der Waals surface area contributed by atoms with Crippen LogP contribution >= 0.6 is 11.6 Å². The Morgan fingerprint density at radius 3 is 2.46 bits per heavy atom. The molecule has 3 aromatic heterocycles. The van der Waals surface area contributed by atoms with Crippen molar-refractivity contribution in [3.63, 3.8) is 0 Å². The molecule has 1 aromatic carbocycles. The van der Waals surface area contributed by atoms with Gasteiger partial charge in [-0.1, -0.05) is 43.6 Å². The maximum atomic E-state index is 13.3. The molecule has 3 heterocycles. The van der Waals surface area contributed by atoms with Crippen LogP contribution < -0.4 is 19.7 Å². The summed E-state index contributed by atoms with van der Waals surface area (Å²) in [6.45, 7) is 3.94. The molecular weight excluding hydrogens is 546 g/mol. The highest BCUT2D eigenvalue weighted by Crippen LogP contribution is 2.40. The topological polar surface area (TPSA) is 172 Å². The minimum absolute atomic E-state index is 0.00239. The van der Waals surface area contributed by atoms with Crippen molar-refractivity contribution in [1.82, 2.24) is 25.4 Å². The Labute approximate surface area is 229 Å². The quantitative estimate of drug-likeness (QED) is 0.0964. The molecule has 14 heteroatoms. The first-order valence-corrected chi connectivity index (χ1v) is 13.3. The number of rotatable bonds is 9. The van der Waals surface area contributed by atoms with Gasteiger partial charge < -0.3 is 9.47 Å². The van der Waals surface area contributed by atoms with E-state index in [1.165, 1.54) is 37.7 Å². The summed E-state index contributed by atoms with van der Waals surface area (Å²) in [6.07, 6.45) is 2.86. The molecule has 4 N–H and O–H groups in total. The van der Waals surface area contributed by atoms with Gasteiger partial charge in [0.25, 0.3) is 10.0 Å². The van der Waals surface area contributed by atoms with Crippen molar-refractivity contribution in [1.29, 1.82) is 5.41 Å². The molecule has 4 rings (SSSR count). The smallest absolute Gasteiger partial charge is 0.280 e. The zero-order valence-electron chi connectivity index (χ0n) is 21.0. The number of nitrogens with zero attached hydrogens (tertiary/aromatic N) is 4. The Morgan fingerprint density at radius 2 is 1.82 bits per heavy atom. The van der Waals surface area contributed by atoms with E-state index in [0.717, 1.165) is 5.56 Å². The van der Waals surface area contributed by atoms with E-state index in [4.69, 9.17) is 31.7 Å². The number of amidine groups is 1. The zero-order chi connectivity index (χ0) is 28.2. The predicted molar refractivity (Wildman–Crippen MR) is 144 cm³/mol. The lowest BCUT2D eigenvalue weighted by molar-refractivity contribution is 0.234. The van der Waals surface area contributed by atoms with Gasteiger partial charge in [0.05, 0.1) is 7.11 Å². The van der Waals surface area contributed by atoms with Crippen LogP contribution in [0.15, 0.2) is 66.0 Å². The number of ether oxygens (including phenoxy) is 2. The summed E-state index contributed by atoms with van der Waals surface area (Å²) in [5, 5.41) is 16.4. The number of nitrogens with one attached hydrogen (secondary N) is 3. The summed E-state index contributed by atoms with van der Waals surface area (Å²) in [7, 11) is -2.78. The highest BCUT2D eigenvalue weighted by atomic mass is 35.5. The van der Waals surface area contributed by atoms with Gasteiger partial charge in [0, 0.05) is 18.0 Å². The summed E-state index contributed by atoms with van der Waals surface area (Å²) >= 11 is 6.51. The molecule has 0 saturated carbocycles. The molecule has 0 radical (unpaired) electrons. The number of benzene rings is 1. The van der Waals surface area contributed by atoms with E-state index in [1.54, 1.807) is 35.8 Å². The molecule has 0 unspecified atom stereocenters. The Hall–Kier alpha value is -4.33. The van der Waals surface area contributed by atoms with Crippen molar-refractivity contribution >= 4 is 33.3 Å². The van der Waals surface area contributed by atoms with Gasteiger partial charge >= 0.3 is 0 Å². The second-order valence-electron chi connectivity index (χ2n) is 8.38. The maximum absolute atomic E-state index is 13.3. The Morgan fingerprint density at radius 1 is 1.08 bits per heavy atom. The Kier molecular flexibility index (Phi) is 8.24. The molecular formula is C25H24ClN7O5S. The summed E-state index contributed by atoms with van der Waals surface area (Å²) < 4.78 is 40.3. The van der Waals surface area contributed by atoms with Crippen molar-refractivity contribution in [2.75, 3.05) is 11.8 Å². The van der Waals surface area contributed by atoms with Crippen molar-refractivity contribution in [3.05, 3.63) is 77.3 Å². The number of hydroxylamine groups is 1. The standard InChI is InChI=1S/C25H24ClN7O5S/c1-14(2)16-8-9-20(29-13-16)39(35,36)33-25-21(38-19-7-5-4-6-18(19)37-3)22(26)30-24(31-25)15-10-11-28-17(12-15)23(27)32-34/h4-14,34H,1-3H3,(H2,27,32)(H,30,31,33). The number of halogens is 1. The predicted octanol–water partition coefficient (Wildman–Crippen LogP) is 4.62. The minimum Gasteiger partial charge on any atom is -0.493 e. The van der Waals surface area contributed by atoms with Crippen molar-refractivity contribution < 1.29 is 23.1 Å². The van der Waals surface area contributed by atoms with Gasteiger partial charge in [-0.25, -0.2) is 15.0 Å². The molecule has 0 atom stereocenters. The maximum Gasteiger partial charge on any atom is 0.280 e. The molecule has 4 aromatic rings. The summed E-state index contributed by atoms with van der Waals surface area (Å²) in [4.78, 5) is 16.7. The highest BCUT2D eigenvalue weighted by molar-refractivity contribution is 7.92. The third-order valence-corrected chi connectivity index (χ3v) is 6.93.